The fourth-order valence-corrected chi connectivity index (χ4v) is 1.25. The van der Waals surface area contributed by atoms with Crippen molar-refractivity contribution >= 4 is 5.91 Å². The van der Waals surface area contributed by atoms with E-state index in [1.165, 1.54) is 4.90 Å². The summed E-state index contributed by atoms with van der Waals surface area (Å²) in [5.41, 5.74) is -0.918. The van der Waals surface area contributed by atoms with Crippen molar-refractivity contribution in [1.82, 2.24) is 4.90 Å². The molecule has 0 aliphatic carbocycles. The highest BCUT2D eigenvalue weighted by Gasteiger charge is 2.24. The third-order valence-corrected chi connectivity index (χ3v) is 1.86. The van der Waals surface area contributed by atoms with E-state index in [4.69, 9.17) is 5.26 Å². The van der Waals surface area contributed by atoms with Gasteiger partial charge in [0.25, 0.3) is 0 Å². The maximum atomic E-state index is 11.6. The second-order valence-electron chi connectivity index (χ2n) is 4.10. The monoisotopic (exact) mass is 198 g/mol. The Bertz CT molecular complexity index is 237. The summed E-state index contributed by atoms with van der Waals surface area (Å²) >= 11 is 0. The molecule has 0 heterocycles. The van der Waals surface area contributed by atoms with Crippen molar-refractivity contribution in [3.63, 3.8) is 0 Å². The topological polar surface area (TPSA) is 64.3 Å². The first-order valence-electron chi connectivity index (χ1n) is 4.68. The van der Waals surface area contributed by atoms with Crippen molar-refractivity contribution in [2.45, 2.75) is 32.8 Å². The minimum Gasteiger partial charge on any atom is -0.389 e. The number of carbonyl (C=O) groups excluding carboxylic acids is 1. The summed E-state index contributed by atoms with van der Waals surface area (Å²) in [6.45, 7) is 5.29. The van der Waals surface area contributed by atoms with Crippen LogP contribution in [0.4, 0.5) is 0 Å². The summed E-state index contributed by atoms with van der Waals surface area (Å²) < 4.78 is 0. The molecule has 1 amide bonds. The highest BCUT2D eigenvalue weighted by atomic mass is 16.3. The molecular weight excluding hydrogens is 180 g/mol. The molecule has 0 rings (SSSR count). The Balaban J connectivity index is 4.34. The van der Waals surface area contributed by atoms with E-state index in [1.807, 2.05) is 6.07 Å². The van der Waals surface area contributed by atoms with Crippen molar-refractivity contribution in [3.8, 4) is 6.07 Å². The first kappa shape index (κ1) is 12.9. The van der Waals surface area contributed by atoms with Crippen LogP contribution >= 0.6 is 0 Å². The normalized spacial score (nSPS) is 13.1. The Kier molecular flexibility index (Phi) is 4.58. The van der Waals surface area contributed by atoms with Gasteiger partial charge in [-0.15, -0.1) is 0 Å². The van der Waals surface area contributed by atoms with E-state index in [2.05, 4.69) is 0 Å². The molecule has 4 nitrogen and oxygen atoms in total. The lowest BCUT2D eigenvalue weighted by molar-refractivity contribution is -0.135. The molecule has 1 unspecified atom stereocenters. The number of nitrogens with zero attached hydrogens (tertiary/aromatic N) is 2. The molecule has 0 saturated carbocycles. The van der Waals surface area contributed by atoms with Gasteiger partial charge >= 0.3 is 0 Å². The summed E-state index contributed by atoms with van der Waals surface area (Å²) in [6, 6.07) is 1.95. The van der Waals surface area contributed by atoms with Gasteiger partial charge in [-0.1, -0.05) is 6.92 Å². The van der Waals surface area contributed by atoms with Gasteiger partial charge in [-0.25, -0.2) is 0 Å². The Labute approximate surface area is 85.1 Å². The summed E-state index contributed by atoms with van der Waals surface area (Å²) in [6.07, 6.45) is 0.505. The zero-order valence-corrected chi connectivity index (χ0v) is 9.24. The molecule has 80 valence electrons. The van der Waals surface area contributed by atoms with Gasteiger partial charge in [-0.2, -0.15) is 5.26 Å². The van der Waals surface area contributed by atoms with Gasteiger partial charge in [0.1, 0.15) is 5.92 Å². The molecule has 14 heavy (non-hydrogen) atoms. The first-order chi connectivity index (χ1) is 6.31. The smallest absolute Gasteiger partial charge is 0.239 e. The Morgan fingerprint density at radius 3 is 2.43 bits per heavy atom. The van der Waals surface area contributed by atoms with E-state index < -0.39 is 11.5 Å². The SMILES string of the molecule is CCC(C#N)C(=O)N(C)CC(C)(C)O. The molecule has 0 aromatic carbocycles. The van der Waals surface area contributed by atoms with E-state index in [1.54, 1.807) is 27.8 Å². The Morgan fingerprint density at radius 2 is 2.14 bits per heavy atom. The van der Waals surface area contributed by atoms with E-state index in [0.717, 1.165) is 0 Å². The van der Waals surface area contributed by atoms with Crippen molar-refractivity contribution in [3.05, 3.63) is 0 Å². The minimum absolute atomic E-state index is 0.225. The molecule has 0 bridgehead atoms. The standard InChI is InChI=1S/C10H18N2O2/c1-5-8(6-11)9(13)12(4)7-10(2,3)14/h8,14H,5,7H2,1-4H3. The highest BCUT2D eigenvalue weighted by molar-refractivity contribution is 5.80. The maximum absolute atomic E-state index is 11.6. The number of aliphatic hydroxyl groups is 1. The maximum Gasteiger partial charge on any atom is 0.239 e. The fourth-order valence-electron chi connectivity index (χ4n) is 1.25. The number of hydrogen-bond donors (Lipinski definition) is 1. The van der Waals surface area contributed by atoms with Crippen LogP contribution in [0.15, 0.2) is 0 Å². The van der Waals surface area contributed by atoms with Gasteiger partial charge in [-0.3, -0.25) is 4.79 Å². The third-order valence-electron chi connectivity index (χ3n) is 1.86. The molecule has 1 atom stereocenters. The van der Waals surface area contributed by atoms with Crippen LogP contribution in [0, 0.1) is 17.2 Å². The predicted molar refractivity (Wildman–Crippen MR) is 53.3 cm³/mol. The van der Waals surface area contributed by atoms with Gasteiger partial charge in [-0.05, 0) is 20.3 Å². The van der Waals surface area contributed by atoms with Crippen LogP contribution < -0.4 is 0 Å². The van der Waals surface area contributed by atoms with Crippen LogP contribution in [0.25, 0.3) is 0 Å². The summed E-state index contributed by atoms with van der Waals surface area (Å²) in [5.74, 6) is -0.820. The fraction of sp³-hybridized carbons (Fsp3) is 0.800. The van der Waals surface area contributed by atoms with Crippen molar-refractivity contribution in [2.24, 2.45) is 5.92 Å². The average molecular weight is 198 g/mol. The zero-order valence-electron chi connectivity index (χ0n) is 9.24. The third kappa shape index (κ3) is 4.24. The largest absolute Gasteiger partial charge is 0.389 e. The minimum atomic E-state index is -0.918. The lowest BCUT2D eigenvalue weighted by Crippen LogP contribution is -2.42. The van der Waals surface area contributed by atoms with Crippen LogP contribution in [-0.4, -0.2) is 35.1 Å². The van der Waals surface area contributed by atoms with Crippen LogP contribution in [0.3, 0.4) is 0 Å². The van der Waals surface area contributed by atoms with Crippen molar-refractivity contribution in [2.75, 3.05) is 13.6 Å². The molecule has 0 saturated heterocycles. The second kappa shape index (κ2) is 4.97. The number of hydrogen-bond acceptors (Lipinski definition) is 3. The number of carbonyl (C=O) groups is 1. The van der Waals surface area contributed by atoms with Crippen LogP contribution in [0.1, 0.15) is 27.2 Å². The van der Waals surface area contributed by atoms with Crippen LogP contribution in [0.5, 0.6) is 0 Å². The molecule has 0 fully saturated rings. The van der Waals surface area contributed by atoms with E-state index >= 15 is 0 Å². The zero-order chi connectivity index (χ0) is 11.4. The first-order valence-corrected chi connectivity index (χ1v) is 4.68. The molecule has 4 heteroatoms. The van der Waals surface area contributed by atoms with Gasteiger partial charge in [0.15, 0.2) is 0 Å². The molecule has 0 aromatic heterocycles. The Hall–Kier alpha value is -1.08. The van der Waals surface area contributed by atoms with Gasteiger partial charge < -0.3 is 10.0 Å². The highest BCUT2D eigenvalue weighted by Crippen LogP contribution is 2.09. The van der Waals surface area contributed by atoms with Crippen molar-refractivity contribution < 1.29 is 9.90 Å². The molecule has 0 spiro atoms. The second-order valence-corrected chi connectivity index (χ2v) is 4.10. The number of amides is 1. The van der Waals surface area contributed by atoms with Crippen molar-refractivity contribution in [1.29, 1.82) is 5.26 Å². The van der Waals surface area contributed by atoms with Gasteiger partial charge in [0, 0.05) is 13.6 Å². The number of likely N-dealkylation sites (N-methyl/N-ethyl adjacent to an activating group) is 1. The molecule has 1 N–H and O–H groups in total. The Morgan fingerprint density at radius 1 is 1.64 bits per heavy atom. The van der Waals surface area contributed by atoms with Gasteiger partial charge in [0.05, 0.1) is 11.7 Å². The summed E-state index contributed by atoms with van der Waals surface area (Å²) in [4.78, 5) is 13.0. The molecule has 0 aliphatic heterocycles. The predicted octanol–water partition coefficient (Wildman–Crippen LogP) is 0.765. The number of nitriles is 1. The lowest BCUT2D eigenvalue weighted by Gasteiger charge is -2.26. The summed E-state index contributed by atoms with van der Waals surface area (Å²) in [7, 11) is 1.60. The molecule has 0 aliphatic rings. The van der Waals surface area contributed by atoms with Crippen LogP contribution in [0.2, 0.25) is 0 Å². The lowest BCUT2D eigenvalue weighted by atomic mass is 10.1. The van der Waals surface area contributed by atoms with E-state index in [0.29, 0.717) is 6.42 Å². The molecular formula is C10H18N2O2. The average Bonchev–Trinajstić information content (AvgIpc) is 2.03. The molecule has 0 radical (unpaired) electrons. The van der Waals surface area contributed by atoms with E-state index in [-0.39, 0.29) is 12.5 Å². The van der Waals surface area contributed by atoms with Gasteiger partial charge in [0.2, 0.25) is 5.91 Å². The summed E-state index contributed by atoms with van der Waals surface area (Å²) in [5, 5.41) is 18.2. The quantitative estimate of drug-likeness (QED) is 0.725. The number of rotatable bonds is 4. The van der Waals surface area contributed by atoms with Crippen LogP contribution in [-0.2, 0) is 4.79 Å². The van der Waals surface area contributed by atoms with E-state index in [9.17, 15) is 9.90 Å². The molecule has 0 aromatic rings.